The first-order valence-corrected chi connectivity index (χ1v) is 5.78. The fraction of sp³-hybridized carbons (Fsp3) is 0.909. The van der Waals surface area contributed by atoms with Crippen molar-refractivity contribution in [2.24, 2.45) is 17.6 Å². The molecule has 2 aliphatic carbocycles. The van der Waals surface area contributed by atoms with Gasteiger partial charge < -0.3 is 11.1 Å². The number of carbonyl (C=O) groups is 1. The fourth-order valence-electron chi connectivity index (χ4n) is 2.24. The molecule has 14 heavy (non-hydrogen) atoms. The average Bonchev–Trinajstić information content (AvgIpc) is 2.99. The molecule has 80 valence electrons. The van der Waals surface area contributed by atoms with Crippen LogP contribution in [-0.2, 0) is 4.79 Å². The monoisotopic (exact) mass is 196 g/mol. The summed E-state index contributed by atoms with van der Waals surface area (Å²) in [5, 5.41) is 3.59. The van der Waals surface area contributed by atoms with Crippen molar-refractivity contribution in [3.8, 4) is 0 Å². The SMILES string of the molecule is NC(=O)C1CCC(NCC2CC2)CC1. The first kappa shape index (κ1) is 9.97. The van der Waals surface area contributed by atoms with Gasteiger partial charge in [-0.05, 0) is 51.0 Å². The van der Waals surface area contributed by atoms with Gasteiger partial charge in [0.1, 0.15) is 0 Å². The van der Waals surface area contributed by atoms with Gasteiger partial charge >= 0.3 is 0 Å². The van der Waals surface area contributed by atoms with Crippen molar-refractivity contribution in [1.82, 2.24) is 5.32 Å². The normalized spacial score (nSPS) is 32.9. The molecule has 0 aromatic rings. The summed E-state index contributed by atoms with van der Waals surface area (Å²) >= 11 is 0. The van der Waals surface area contributed by atoms with Crippen LogP contribution in [-0.4, -0.2) is 18.5 Å². The van der Waals surface area contributed by atoms with E-state index in [0.29, 0.717) is 6.04 Å². The molecule has 0 spiro atoms. The van der Waals surface area contributed by atoms with Gasteiger partial charge in [0.05, 0.1) is 0 Å². The summed E-state index contributed by atoms with van der Waals surface area (Å²) in [6.45, 7) is 1.19. The molecule has 0 aromatic carbocycles. The van der Waals surface area contributed by atoms with Crippen LogP contribution >= 0.6 is 0 Å². The summed E-state index contributed by atoms with van der Waals surface area (Å²) in [4.78, 5) is 10.9. The Morgan fingerprint density at radius 1 is 1.14 bits per heavy atom. The summed E-state index contributed by atoms with van der Waals surface area (Å²) in [6.07, 6.45) is 7.03. The van der Waals surface area contributed by atoms with Crippen LogP contribution in [0.3, 0.4) is 0 Å². The number of rotatable bonds is 4. The van der Waals surface area contributed by atoms with Gasteiger partial charge in [-0.25, -0.2) is 0 Å². The Balaban J connectivity index is 1.64. The van der Waals surface area contributed by atoms with E-state index in [0.717, 1.165) is 31.6 Å². The molecule has 3 heteroatoms. The Bertz CT molecular complexity index is 205. The molecule has 1 amide bonds. The zero-order valence-corrected chi connectivity index (χ0v) is 8.67. The van der Waals surface area contributed by atoms with E-state index in [2.05, 4.69) is 5.32 Å². The largest absolute Gasteiger partial charge is 0.369 e. The molecule has 3 nitrogen and oxygen atoms in total. The number of hydrogen-bond donors (Lipinski definition) is 2. The zero-order valence-electron chi connectivity index (χ0n) is 8.67. The van der Waals surface area contributed by atoms with Crippen molar-refractivity contribution in [3.05, 3.63) is 0 Å². The van der Waals surface area contributed by atoms with Crippen LogP contribution < -0.4 is 11.1 Å². The van der Waals surface area contributed by atoms with E-state index in [1.807, 2.05) is 0 Å². The number of hydrogen-bond acceptors (Lipinski definition) is 2. The second kappa shape index (κ2) is 4.30. The minimum Gasteiger partial charge on any atom is -0.369 e. The molecule has 0 unspecified atom stereocenters. The molecule has 3 N–H and O–H groups in total. The minimum atomic E-state index is -0.106. The van der Waals surface area contributed by atoms with Crippen LogP contribution in [0.4, 0.5) is 0 Å². The molecule has 2 rings (SSSR count). The quantitative estimate of drug-likeness (QED) is 0.705. The van der Waals surface area contributed by atoms with E-state index >= 15 is 0 Å². The summed E-state index contributed by atoms with van der Waals surface area (Å²) in [5.74, 6) is 0.989. The molecule has 0 aromatic heterocycles. The van der Waals surface area contributed by atoms with Crippen molar-refractivity contribution in [2.75, 3.05) is 6.54 Å². The van der Waals surface area contributed by atoms with Crippen molar-refractivity contribution >= 4 is 5.91 Å². The summed E-state index contributed by atoms with van der Waals surface area (Å²) in [6, 6.07) is 0.645. The lowest BCUT2D eigenvalue weighted by Gasteiger charge is -2.27. The van der Waals surface area contributed by atoms with E-state index in [9.17, 15) is 4.79 Å². The average molecular weight is 196 g/mol. The lowest BCUT2D eigenvalue weighted by Crippen LogP contribution is -2.37. The van der Waals surface area contributed by atoms with Gasteiger partial charge in [0, 0.05) is 12.0 Å². The van der Waals surface area contributed by atoms with Crippen LogP contribution in [0.15, 0.2) is 0 Å². The highest BCUT2D eigenvalue weighted by atomic mass is 16.1. The standard InChI is InChI=1S/C11H20N2O/c12-11(14)9-3-5-10(6-4-9)13-7-8-1-2-8/h8-10,13H,1-7H2,(H2,12,14). The zero-order chi connectivity index (χ0) is 9.97. The smallest absolute Gasteiger partial charge is 0.220 e. The van der Waals surface area contributed by atoms with Crippen LogP contribution in [0, 0.1) is 11.8 Å². The van der Waals surface area contributed by atoms with Crippen molar-refractivity contribution in [3.63, 3.8) is 0 Å². The maximum atomic E-state index is 10.9. The van der Waals surface area contributed by atoms with E-state index in [1.165, 1.54) is 19.4 Å². The number of primary amides is 1. The van der Waals surface area contributed by atoms with Crippen molar-refractivity contribution < 1.29 is 4.79 Å². The number of nitrogens with one attached hydrogen (secondary N) is 1. The molecule has 0 saturated heterocycles. The molecule has 0 bridgehead atoms. The maximum Gasteiger partial charge on any atom is 0.220 e. The Kier molecular flexibility index (Phi) is 3.06. The molecule has 0 heterocycles. The summed E-state index contributed by atoms with van der Waals surface area (Å²) in [5.41, 5.74) is 5.29. The second-order valence-electron chi connectivity index (χ2n) is 4.80. The first-order valence-electron chi connectivity index (χ1n) is 5.78. The van der Waals surface area contributed by atoms with Gasteiger partial charge in [0.15, 0.2) is 0 Å². The molecule has 2 fully saturated rings. The molecular formula is C11H20N2O. The van der Waals surface area contributed by atoms with Crippen LogP contribution in [0.2, 0.25) is 0 Å². The Labute approximate surface area is 85.4 Å². The van der Waals surface area contributed by atoms with E-state index in [1.54, 1.807) is 0 Å². The molecule has 2 saturated carbocycles. The molecule has 0 aliphatic heterocycles. The van der Waals surface area contributed by atoms with Crippen molar-refractivity contribution in [2.45, 2.75) is 44.6 Å². The minimum absolute atomic E-state index is 0.106. The van der Waals surface area contributed by atoms with E-state index in [4.69, 9.17) is 5.73 Å². The first-order chi connectivity index (χ1) is 6.75. The van der Waals surface area contributed by atoms with Crippen LogP contribution in [0.25, 0.3) is 0 Å². The van der Waals surface area contributed by atoms with Gasteiger partial charge in [-0.2, -0.15) is 0 Å². The number of carbonyl (C=O) groups excluding carboxylic acids is 1. The lowest BCUT2D eigenvalue weighted by molar-refractivity contribution is -0.122. The second-order valence-corrected chi connectivity index (χ2v) is 4.80. The third-order valence-electron chi connectivity index (χ3n) is 3.52. The van der Waals surface area contributed by atoms with E-state index in [-0.39, 0.29) is 11.8 Å². The number of amides is 1. The Morgan fingerprint density at radius 3 is 2.29 bits per heavy atom. The van der Waals surface area contributed by atoms with Gasteiger partial charge in [-0.15, -0.1) is 0 Å². The Hall–Kier alpha value is -0.570. The maximum absolute atomic E-state index is 10.9. The van der Waals surface area contributed by atoms with Crippen LogP contribution in [0.1, 0.15) is 38.5 Å². The lowest BCUT2D eigenvalue weighted by atomic mass is 9.85. The van der Waals surface area contributed by atoms with Gasteiger partial charge in [0.25, 0.3) is 0 Å². The highest BCUT2D eigenvalue weighted by Crippen LogP contribution is 2.29. The summed E-state index contributed by atoms with van der Waals surface area (Å²) in [7, 11) is 0. The molecular weight excluding hydrogens is 176 g/mol. The molecule has 2 aliphatic rings. The van der Waals surface area contributed by atoms with Crippen molar-refractivity contribution in [1.29, 1.82) is 0 Å². The predicted octanol–water partition coefficient (Wildman–Crippen LogP) is 1.03. The molecule has 0 atom stereocenters. The van der Waals surface area contributed by atoms with E-state index < -0.39 is 0 Å². The fourth-order valence-corrected chi connectivity index (χ4v) is 2.24. The topological polar surface area (TPSA) is 55.1 Å². The Morgan fingerprint density at radius 2 is 1.79 bits per heavy atom. The highest BCUT2D eigenvalue weighted by Gasteiger charge is 2.26. The van der Waals surface area contributed by atoms with Gasteiger partial charge in [-0.3, -0.25) is 4.79 Å². The summed E-state index contributed by atoms with van der Waals surface area (Å²) < 4.78 is 0. The predicted molar refractivity (Wildman–Crippen MR) is 55.7 cm³/mol. The van der Waals surface area contributed by atoms with Gasteiger partial charge in [0.2, 0.25) is 5.91 Å². The van der Waals surface area contributed by atoms with Gasteiger partial charge in [-0.1, -0.05) is 0 Å². The number of nitrogens with two attached hydrogens (primary N) is 1. The highest BCUT2D eigenvalue weighted by molar-refractivity contribution is 5.76. The third kappa shape index (κ3) is 2.71. The van der Waals surface area contributed by atoms with Crippen LogP contribution in [0.5, 0.6) is 0 Å². The third-order valence-corrected chi connectivity index (χ3v) is 3.52. The molecule has 0 radical (unpaired) electrons.